The Hall–Kier alpha value is -1.48. The van der Waals surface area contributed by atoms with E-state index in [-0.39, 0.29) is 5.60 Å². The third-order valence-corrected chi connectivity index (χ3v) is 2.58. The van der Waals surface area contributed by atoms with Gasteiger partial charge in [-0.15, -0.1) is 0 Å². The highest BCUT2D eigenvalue weighted by atomic mass is 16.5. The number of fused-ring (bicyclic) bond motifs is 1. The molecule has 0 atom stereocenters. The van der Waals surface area contributed by atoms with E-state index < -0.39 is 0 Å². The number of benzene rings is 1. The fourth-order valence-corrected chi connectivity index (χ4v) is 1.94. The van der Waals surface area contributed by atoms with E-state index in [1.807, 2.05) is 12.3 Å². The predicted octanol–water partition coefficient (Wildman–Crippen LogP) is 2.85. The summed E-state index contributed by atoms with van der Waals surface area (Å²) in [6.45, 7) is 6.82. The predicted molar refractivity (Wildman–Crippen MR) is 71.4 cm³/mol. The van der Waals surface area contributed by atoms with Crippen LogP contribution in [0.5, 0.6) is 5.75 Å². The van der Waals surface area contributed by atoms with Crippen LogP contribution >= 0.6 is 0 Å². The van der Waals surface area contributed by atoms with Crippen LogP contribution in [-0.2, 0) is 6.42 Å². The van der Waals surface area contributed by atoms with Crippen LogP contribution in [0.1, 0.15) is 26.3 Å². The first kappa shape index (κ1) is 12.0. The second-order valence-electron chi connectivity index (χ2n) is 5.27. The van der Waals surface area contributed by atoms with Crippen molar-refractivity contribution in [2.45, 2.75) is 32.8 Å². The van der Waals surface area contributed by atoms with Crippen molar-refractivity contribution in [3.05, 3.63) is 30.0 Å². The molecule has 0 spiro atoms. The molecule has 2 aromatic rings. The Bertz CT molecular complexity index is 508. The van der Waals surface area contributed by atoms with Gasteiger partial charge in [0.25, 0.3) is 0 Å². The van der Waals surface area contributed by atoms with Crippen LogP contribution in [0.3, 0.4) is 0 Å². The van der Waals surface area contributed by atoms with Crippen molar-refractivity contribution in [1.29, 1.82) is 0 Å². The van der Waals surface area contributed by atoms with Crippen LogP contribution in [0.2, 0.25) is 0 Å². The molecule has 0 aliphatic carbocycles. The van der Waals surface area contributed by atoms with Crippen molar-refractivity contribution in [2.75, 3.05) is 6.54 Å². The van der Waals surface area contributed by atoms with Crippen molar-refractivity contribution < 1.29 is 4.74 Å². The average molecular weight is 232 g/mol. The van der Waals surface area contributed by atoms with Gasteiger partial charge in [0.15, 0.2) is 0 Å². The topological polar surface area (TPSA) is 51.0 Å². The van der Waals surface area contributed by atoms with Crippen LogP contribution < -0.4 is 10.5 Å². The Kier molecular flexibility index (Phi) is 3.11. The monoisotopic (exact) mass is 232 g/mol. The summed E-state index contributed by atoms with van der Waals surface area (Å²) in [6.07, 6.45) is 2.91. The molecule has 3 N–H and O–H groups in total. The van der Waals surface area contributed by atoms with Gasteiger partial charge in [-0.3, -0.25) is 0 Å². The van der Waals surface area contributed by atoms with Gasteiger partial charge in [0, 0.05) is 17.1 Å². The minimum absolute atomic E-state index is 0.169. The molecular formula is C14H20N2O. The van der Waals surface area contributed by atoms with Crippen molar-refractivity contribution in [3.63, 3.8) is 0 Å². The summed E-state index contributed by atoms with van der Waals surface area (Å²) in [4.78, 5) is 3.25. The van der Waals surface area contributed by atoms with Gasteiger partial charge < -0.3 is 15.5 Å². The molecule has 1 aromatic heterocycles. The maximum absolute atomic E-state index is 5.87. The summed E-state index contributed by atoms with van der Waals surface area (Å²) < 4.78 is 5.87. The molecule has 0 fully saturated rings. The fourth-order valence-electron chi connectivity index (χ4n) is 1.94. The third-order valence-electron chi connectivity index (χ3n) is 2.58. The molecule has 0 radical (unpaired) electrons. The number of rotatable bonds is 3. The van der Waals surface area contributed by atoms with Gasteiger partial charge in [-0.05, 0) is 57.5 Å². The molecule has 0 aliphatic heterocycles. The summed E-state index contributed by atoms with van der Waals surface area (Å²) in [7, 11) is 0. The van der Waals surface area contributed by atoms with E-state index in [9.17, 15) is 0 Å². The SMILES string of the molecule is CC(C)(C)Oc1ccc2[nH]cc(CCN)c2c1. The van der Waals surface area contributed by atoms with Crippen molar-refractivity contribution in [3.8, 4) is 5.75 Å². The molecule has 0 saturated heterocycles. The zero-order valence-electron chi connectivity index (χ0n) is 10.7. The first-order valence-electron chi connectivity index (χ1n) is 5.99. The maximum Gasteiger partial charge on any atom is 0.120 e. The Morgan fingerprint density at radius 3 is 2.71 bits per heavy atom. The van der Waals surface area contributed by atoms with Crippen molar-refractivity contribution in [2.24, 2.45) is 5.73 Å². The van der Waals surface area contributed by atoms with E-state index in [0.717, 1.165) is 17.7 Å². The standard InChI is InChI=1S/C14H20N2O/c1-14(2,3)17-11-4-5-13-12(8-11)10(6-7-15)9-16-13/h4-5,8-9,16H,6-7,15H2,1-3H3. The summed E-state index contributed by atoms with van der Waals surface area (Å²) in [5.41, 5.74) is 7.82. The van der Waals surface area contributed by atoms with Gasteiger partial charge in [-0.2, -0.15) is 0 Å². The quantitative estimate of drug-likeness (QED) is 0.855. The van der Waals surface area contributed by atoms with Gasteiger partial charge in [0.05, 0.1) is 0 Å². The average Bonchev–Trinajstić information content (AvgIpc) is 2.59. The molecule has 0 saturated carbocycles. The van der Waals surface area contributed by atoms with Crippen LogP contribution in [0.4, 0.5) is 0 Å². The molecule has 3 nitrogen and oxygen atoms in total. The summed E-state index contributed by atoms with van der Waals surface area (Å²) in [5.74, 6) is 0.905. The van der Waals surface area contributed by atoms with E-state index >= 15 is 0 Å². The number of H-pyrrole nitrogens is 1. The lowest BCUT2D eigenvalue weighted by Crippen LogP contribution is -2.22. The molecule has 3 heteroatoms. The minimum Gasteiger partial charge on any atom is -0.488 e. The van der Waals surface area contributed by atoms with Gasteiger partial charge in [-0.1, -0.05) is 0 Å². The van der Waals surface area contributed by atoms with Gasteiger partial charge in [0.2, 0.25) is 0 Å². The molecule has 1 aromatic carbocycles. The van der Waals surface area contributed by atoms with Gasteiger partial charge in [-0.25, -0.2) is 0 Å². The number of aromatic amines is 1. The Labute approximate surface area is 102 Å². The zero-order chi connectivity index (χ0) is 12.5. The fraction of sp³-hybridized carbons (Fsp3) is 0.429. The zero-order valence-corrected chi connectivity index (χ0v) is 10.7. The van der Waals surface area contributed by atoms with E-state index in [1.54, 1.807) is 0 Å². The van der Waals surface area contributed by atoms with Gasteiger partial charge in [0.1, 0.15) is 11.4 Å². The van der Waals surface area contributed by atoms with Gasteiger partial charge >= 0.3 is 0 Å². The normalized spacial score (nSPS) is 12.0. The molecular weight excluding hydrogens is 212 g/mol. The molecule has 0 amide bonds. The van der Waals surface area contributed by atoms with Crippen molar-refractivity contribution in [1.82, 2.24) is 4.98 Å². The first-order chi connectivity index (χ1) is 7.99. The van der Waals surface area contributed by atoms with E-state index in [1.165, 1.54) is 10.9 Å². The largest absolute Gasteiger partial charge is 0.488 e. The number of nitrogens with two attached hydrogens (primary N) is 1. The van der Waals surface area contributed by atoms with Crippen LogP contribution in [-0.4, -0.2) is 17.1 Å². The number of nitrogens with one attached hydrogen (secondary N) is 1. The number of hydrogen-bond acceptors (Lipinski definition) is 2. The lowest BCUT2D eigenvalue weighted by atomic mass is 10.1. The van der Waals surface area contributed by atoms with Crippen LogP contribution in [0.25, 0.3) is 10.9 Å². The second kappa shape index (κ2) is 4.41. The molecule has 2 rings (SSSR count). The first-order valence-corrected chi connectivity index (χ1v) is 5.99. The Morgan fingerprint density at radius 2 is 2.06 bits per heavy atom. The van der Waals surface area contributed by atoms with E-state index in [0.29, 0.717) is 6.54 Å². The number of hydrogen-bond donors (Lipinski definition) is 2. The van der Waals surface area contributed by atoms with Crippen LogP contribution in [0.15, 0.2) is 24.4 Å². The molecule has 1 heterocycles. The molecule has 0 aliphatic rings. The lowest BCUT2D eigenvalue weighted by molar-refractivity contribution is 0.131. The Morgan fingerprint density at radius 1 is 1.29 bits per heavy atom. The van der Waals surface area contributed by atoms with Crippen LogP contribution in [0, 0.1) is 0 Å². The molecule has 0 bridgehead atoms. The number of aromatic nitrogens is 1. The smallest absolute Gasteiger partial charge is 0.120 e. The minimum atomic E-state index is -0.169. The summed E-state index contributed by atoms with van der Waals surface area (Å²) >= 11 is 0. The highest BCUT2D eigenvalue weighted by Gasteiger charge is 2.12. The van der Waals surface area contributed by atoms with E-state index in [4.69, 9.17) is 10.5 Å². The van der Waals surface area contributed by atoms with Crippen molar-refractivity contribution >= 4 is 10.9 Å². The maximum atomic E-state index is 5.87. The lowest BCUT2D eigenvalue weighted by Gasteiger charge is -2.21. The summed E-state index contributed by atoms with van der Waals surface area (Å²) in [6, 6.07) is 6.13. The molecule has 0 unspecified atom stereocenters. The second-order valence-corrected chi connectivity index (χ2v) is 5.27. The van der Waals surface area contributed by atoms with E-state index in [2.05, 4.69) is 37.9 Å². The highest BCUT2D eigenvalue weighted by Crippen LogP contribution is 2.26. The number of ether oxygens (including phenoxy) is 1. The molecule has 17 heavy (non-hydrogen) atoms. The summed E-state index contributed by atoms with van der Waals surface area (Å²) in [5, 5.41) is 1.21. The molecule has 92 valence electrons. The highest BCUT2D eigenvalue weighted by molar-refractivity contribution is 5.84. The Balaban J connectivity index is 2.37. The third kappa shape index (κ3) is 2.80.